The van der Waals surface area contributed by atoms with Crippen molar-refractivity contribution in [3.05, 3.63) is 58.6 Å². The Morgan fingerprint density at radius 3 is 2.30 bits per heavy atom. The minimum Gasteiger partial charge on any atom is -0.492 e. The molecule has 0 aromatic heterocycles. The summed E-state index contributed by atoms with van der Waals surface area (Å²) in [6.45, 7) is 8.23. The van der Waals surface area contributed by atoms with Gasteiger partial charge in [-0.3, -0.25) is 13.9 Å². The van der Waals surface area contributed by atoms with Crippen molar-refractivity contribution >= 4 is 43.5 Å². The largest absolute Gasteiger partial charge is 0.492 e. The summed E-state index contributed by atoms with van der Waals surface area (Å²) in [6, 6.07) is 13.8. The van der Waals surface area contributed by atoms with Gasteiger partial charge in [0.25, 0.3) is 0 Å². The van der Waals surface area contributed by atoms with Crippen molar-refractivity contribution in [1.82, 2.24) is 10.2 Å². The molecule has 10 heteroatoms. The number of rotatable bonds is 14. The Bertz CT molecular complexity index is 1140. The van der Waals surface area contributed by atoms with Crippen molar-refractivity contribution in [2.45, 2.75) is 65.6 Å². The predicted molar refractivity (Wildman–Crippen MR) is 151 cm³/mol. The van der Waals surface area contributed by atoms with Crippen molar-refractivity contribution in [2.75, 3.05) is 23.7 Å². The number of anilines is 1. The van der Waals surface area contributed by atoms with E-state index in [1.165, 1.54) is 4.31 Å². The van der Waals surface area contributed by atoms with Crippen LogP contribution < -0.4 is 14.4 Å². The first-order chi connectivity index (χ1) is 17.5. The van der Waals surface area contributed by atoms with Crippen LogP contribution in [0.1, 0.15) is 52.5 Å². The van der Waals surface area contributed by atoms with Gasteiger partial charge in [0.2, 0.25) is 21.8 Å². The Morgan fingerprint density at radius 2 is 1.70 bits per heavy atom. The van der Waals surface area contributed by atoms with Crippen LogP contribution in [-0.2, 0) is 26.2 Å². The number of benzene rings is 2. The number of carbonyl (C=O) groups is 2. The maximum absolute atomic E-state index is 13.4. The van der Waals surface area contributed by atoms with Gasteiger partial charge in [-0.05, 0) is 63.4 Å². The van der Waals surface area contributed by atoms with Crippen LogP contribution in [0, 0.1) is 0 Å². The number of halogens is 1. The SMILES string of the molecule is CCOc1ccccc1N(CCCC(=O)N(Cc1ccc(Br)cc1)[C@H](C)C(=O)N[C@@H](C)CC)S(C)(=O)=O. The van der Waals surface area contributed by atoms with Crippen molar-refractivity contribution in [3.8, 4) is 5.75 Å². The molecule has 0 fully saturated rings. The molecule has 2 aromatic rings. The number of hydrogen-bond donors (Lipinski definition) is 1. The zero-order valence-corrected chi connectivity index (χ0v) is 24.6. The van der Waals surface area contributed by atoms with Crippen LogP contribution in [0.3, 0.4) is 0 Å². The van der Waals surface area contributed by atoms with Crippen molar-refractivity contribution in [2.24, 2.45) is 0 Å². The Morgan fingerprint density at radius 1 is 1.05 bits per heavy atom. The molecular formula is C27H38BrN3O5S. The number of para-hydroxylation sites is 2. The van der Waals surface area contributed by atoms with Crippen LogP contribution in [0.25, 0.3) is 0 Å². The second-order valence-corrected chi connectivity index (χ2v) is 11.8. The molecule has 0 spiro atoms. The summed E-state index contributed by atoms with van der Waals surface area (Å²) in [5, 5.41) is 2.95. The third-order valence-electron chi connectivity index (χ3n) is 6.02. The molecule has 1 N–H and O–H groups in total. The van der Waals surface area contributed by atoms with Gasteiger partial charge >= 0.3 is 0 Å². The van der Waals surface area contributed by atoms with E-state index in [0.29, 0.717) is 18.0 Å². The number of nitrogens with zero attached hydrogens (tertiary/aromatic N) is 2. The molecule has 0 bridgehead atoms. The maximum atomic E-state index is 13.4. The average Bonchev–Trinajstić information content (AvgIpc) is 2.85. The highest BCUT2D eigenvalue weighted by molar-refractivity contribution is 9.10. The lowest BCUT2D eigenvalue weighted by Gasteiger charge is -2.30. The molecular weight excluding hydrogens is 558 g/mol. The zero-order chi connectivity index (χ0) is 27.6. The summed E-state index contributed by atoms with van der Waals surface area (Å²) in [6.07, 6.45) is 2.28. The molecule has 204 valence electrons. The fourth-order valence-electron chi connectivity index (χ4n) is 3.76. The number of ether oxygens (including phenoxy) is 1. The van der Waals surface area contributed by atoms with Crippen LogP contribution >= 0.6 is 15.9 Å². The number of amides is 2. The summed E-state index contributed by atoms with van der Waals surface area (Å²) in [4.78, 5) is 27.8. The number of nitrogens with one attached hydrogen (secondary N) is 1. The second kappa shape index (κ2) is 14.4. The molecule has 0 unspecified atom stereocenters. The van der Waals surface area contributed by atoms with Gasteiger partial charge in [0, 0.05) is 30.0 Å². The highest BCUT2D eigenvalue weighted by atomic mass is 79.9. The van der Waals surface area contributed by atoms with Gasteiger partial charge in [-0.1, -0.05) is 47.1 Å². The molecule has 2 atom stereocenters. The lowest BCUT2D eigenvalue weighted by molar-refractivity contribution is -0.140. The molecule has 2 amide bonds. The zero-order valence-electron chi connectivity index (χ0n) is 22.2. The van der Waals surface area contributed by atoms with E-state index in [9.17, 15) is 18.0 Å². The van der Waals surface area contributed by atoms with Crippen LogP contribution in [0.2, 0.25) is 0 Å². The Kier molecular flexibility index (Phi) is 11.9. The minimum absolute atomic E-state index is 0.00619. The van der Waals surface area contributed by atoms with E-state index in [1.807, 2.05) is 45.0 Å². The van der Waals surface area contributed by atoms with Crippen LogP contribution in [-0.4, -0.2) is 56.6 Å². The number of sulfonamides is 1. The third kappa shape index (κ3) is 9.34. The molecule has 0 heterocycles. The molecule has 37 heavy (non-hydrogen) atoms. The molecule has 0 aliphatic carbocycles. The Balaban J connectivity index is 2.20. The lowest BCUT2D eigenvalue weighted by Crippen LogP contribution is -2.49. The van der Waals surface area contributed by atoms with Gasteiger partial charge in [0.15, 0.2) is 0 Å². The van der Waals surface area contributed by atoms with E-state index in [1.54, 1.807) is 36.1 Å². The quantitative estimate of drug-likeness (QED) is 0.341. The molecule has 0 aliphatic rings. The summed E-state index contributed by atoms with van der Waals surface area (Å²) < 4.78 is 33.0. The topological polar surface area (TPSA) is 96.0 Å². The van der Waals surface area contributed by atoms with E-state index < -0.39 is 16.1 Å². The number of carbonyl (C=O) groups excluding carboxylic acids is 2. The number of hydrogen-bond acceptors (Lipinski definition) is 5. The normalized spacial score (nSPS) is 12.9. The van der Waals surface area contributed by atoms with E-state index >= 15 is 0 Å². The van der Waals surface area contributed by atoms with Gasteiger partial charge in [-0.25, -0.2) is 8.42 Å². The second-order valence-electron chi connectivity index (χ2n) is 8.98. The van der Waals surface area contributed by atoms with E-state index in [2.05, 4.69) is 21.2 Å². The summed E-state index contributed by atoms with van der Waals surface area (Å²) >= 11 is 3.42. The predicted octanol–water partition coefficient (Wildman–Crippen LogP) is 4.73. The smallest absolute Gasteiger partial charge is 0.242 e. The molecule has 8 nitrogen and oxygen atoms in total. The molecule has 0 aliphatic heterocycles. The van der Waals surface area contributed by atoms with Gasteiger partial charge in [0.05, 0.1) is 18.6 Å². The monoisotopic (exact) mass is 595 g/mol. The van der Waals surface area contributed by atoms with Crippen molar-refractivity contribution in [1.29, 1.82) is 0 Å². The van der Waals surface area contributed by atoms with Crippen molar-refractivity contribution in [3.63, 3.8) is 0 Å². The first-order valence-corrected chi connectivity index (χ1v) is 15.2. The van der Waals surface area contributed by atoms with E-state index in [4.69, 9.17) is 4.74 Å². The summed E-state index contributed by atoms with van der Waals surface area (Å²) in [5.41, 5.74) is 1.33. The third-order valence-corrected chi connectivity index (χ3v) is 7.73. The fourth-order valence-corrected chi connectivity index (χ4v) is 4.99. The fraction of sp³-hybridized carbons (Fsp3) is 0.481. The minimum atomic E-state index is -3.62. The van der Waals surface area contributed by atoms with Gasteiger partial charge in [-0.2, -0.15) is 0 Å². The van der Waals surface area contributed by atoms with Gasteiger partial charge in [0.1, 0.15) is 11.8 Å². The highest BCUT2D eigenvalue weighted by Gasteiger charge is 2.27. The molecule has 2 rings (SSSR count). The van der Waals surface area contributed by atoms with Crippen LogP contribution in [0.4, 0.5) is 5.69 Å². The van der Waals surface area contributed by atoms with Crippen LogP contribution in [0.15, 0.2) is 53.0 Å². The van der Waals surface area contributed by atoms with Gasteiger partial charge in [-0.15, -0.1) is 0 Å². The van der Waals surface area contributed by atoms with Crippen molar-refractivity contribution < 1.29 is 22.7 Å². The summed E-state index contributed by atoms with van der Waals surface area (Å²) in [5.74, 6) is 0.0263. The Hall–Kier alpha value is -2.59. The molecule has 0 saturated carbocycles. The lowest BCUT2D eigenvalue weighted by atomic mass is 10.1. The first-order valence-electron chi connectivity index (χ1n) is 12.5. The van der Waals surface area contributed by atoms with E-state index in [0.717, 1.165) is 22.7 Å². The first kappa shape index (κ1) is 30.6. The average molecular weight is 597 g/mol. The molecule has 0 saturated heterocycles. The highest BCUT2D eigenvalue weighted by Crippen LogP contribution is 2.30. The Labute approximate surface area is 229 Å². The standard InChI is InChI=1S/C27H38BrN3O5S/c1-6-20(3)29-27(33)21(4)30(19-22-14-16-23(28)17-15-22)26(32)13-10-18-31(37(5,34)35)24-11-8-9-12-25(24)36-7-2/h8-9,11-12,14-17,20-21H,6-7,10,13,18-19H2,1-5H3,(H,29,33)/t20-,21+/m0/s1. The van der Waals surface area contributed by atoms with E-state index in [-0.39, 0.29) is 43.8 Å². The maximum Gasteiger partial charge on any atom is 0.242 e. The van der Waals surface area contributed by atoms with Gasteiger partial charge < -0.3 is 15.0 Å². The molecule has 0 radical (unpaired) electrons. The van der Waals surface area contributed by atoms with Crippen LogP contribution in [0.5, 0.6) is 5.75 Å². The molecule has 2 aromatic carbocycles. The summed E-state index contributed by atoms with van der Waals surface area (Å²) in [7, 11) is -3.62.